The monoisotopic (exact) mass is 339 g/mol. The predicted octanol–water partition coefficient (Wildman–Crippen LogP) is 2.94. The highest BCUT2D eigenvalue weighted by Crippen LogP contribution is 2.37. The van der Waals surface area contributed by atoms with E-state index >= 15 is 0 Å². The smallest absolute Gasteiger partial charge is 0.328 e. The first kappa shape index (κ1) is 12.4. The molecule has 1 N–H and O–H groups in total. The summed E-state index contributed by atoms with van der Waals surface area (Å²) in [4.78, 5) is 12.7. The third-order valence-corrected chi connectivity index (χ3v) is 2.61. The molecule has 1 heterocycles. The molecule has 0 aromatic carbocycles. The van der Waals surface area contributed by atoms with Crippen LogP contribution in [0.2, 0.25) is 0 Å². The Morgan fingerprint density at radius 1 is 1.33 bits per heavy atom. The van der Waals surface area contributed by atoms with Gasteiger partial charge in [-0.15, -0.1) is 0 Å². The van der Waals surface area contributed by atoms with Gasteiger partial charge in [-0.05, 0) is 22.6 Å². The van der Waals surface area contributed by atoms with E-state index in [-0.39, 0.29) is 0 Å². The van der Waals surface area contributed by atoms with Crippen molar-refractivity contribution in [1.82, 2.24) is 4.98 Å². The molecule has 0 saturated heterocycles. The molecule has 0 saturated carbocycles. The summed E-state index contributed by atoms with van der Waals surface area (Å²) in [5.41, 5.74) is -3.82. The highest BCUT2D eigenvalue weighted by molar-refractivity contribution is 14.1. The molecule has 1 aromatic heterocycles. The maximum absolute atomic E-state index is 12.4. The number of hydrogen-bond donors (Lipinski definition) is 1. The minimum atomic E-state index is -4.96. The van der Waals surface area contributed by atoms with Crippen LogP contribution in [0.4, 0.5) is 22.0 Å². The molecule has 0 atom stereocenters. The number of aromatic nitrogens is 1. The van der Waals surface area contributed by atoms with E-state index in [2.05, 4.69) is 0 Å². The zero-order valence-corrected chi connectivity index (χ0v) is 8.99. The van der Waals surface area contributed by atoms with Crippen LogP contribution in [-0.4, -0.2) is 4.98 Å². The molecule has 0 aliphatic rings. The topological polar surface area (TPSA) is 32.9 Å². The van der Waals surface area contributed by atoms with Crippen molar-refractivity contribution < 1.29 is 22.0 Å². The van der Waals surface area contributed by atoms with Crippen LogP contribution in [0, 0.1) is 3.57 Å². The van der Waals surface area contributed by atoms with Gasteiger partial charge in [0, 0.05) is 11.8 Å². The average Bonchev–Trinajstić information content (AvgIpc) is 2.06. The fourth-order valence-electron chi connectivity index (χ4n) is 0.979. The van der Waals surface area contributed by atoms with Gasteiger partial charge in [0.05, 0.1) is 9.13 Å². The molecule has 0 aliphatic carbocycles. The molecule has 8 heteroatoms. The number of alkyl halides is 5. The van der Waals surface area contributed by atoms with Crippen molar-refractivity contribution in [2.75, 3.05) is 0 Å². The Morgan fingerprint density at radius 2 is 1.87 bits per heavy atom. The number of pyridine rings is 1. The number of halogens is 6. The molecule has 0 unspecified atom stereocenters. The Balaban J connectivity index is 3.57. The third-order valence-electron chi connectivity index (χ3n) is 1.58. The molecule has 0 amide bonds. The molecule has 84 valence electrons. The lowest BCUT2D eigenvalue weighted by molar-refractivity contribution is -0.140. The number of nitrogens with one attached hydrogen (secondary N) is 1. The lowest BCUT2D eigenvalue weighted by Gasteiger charge is -2.13. The second-order valence-corrected chi connectivity index (χ2v) is 3.64. The van der Waals surface area contributed by atoms with Gasteiger partial charge >= 0.3 is 6.18 Å². The predicted molar refractivity (Wildman–Crippen MR) is 49.7 cm³/mol. The van der Waals surface area contributed by atoms with Crippen molar-refractivity contribution in [3.63, 3.8) is 0 Å². The number of H-pyrrole nitrogens is 1. The van der Waals surface area contributed by atoms with Crippen LogP contribution in [0.5, 0.6) is 0 Å². The fourth-order valence-corrected chi connectivity index (χ4v) is 1.75. The van der Waals surface area contributed by atoms with Gasteiger partial charge in [-0.25, -0.2) is 8.78 Å². The molecule has 15 heavy (non-hydrogen) atoms. The molecule has 0 radical (unpaired) electrons. The zero-order valence-electron chi connectivity index (χ0n) is 6.83. The Labute approximate surface area is 93.6 Å². The van der Waals surface area contributed by atoms with Gasteiger partial charge in [-0.1, -0.05) is 0 Å². The molecule has 1 aromatic rings. The van der Waals surface area contributed by atoms with Gasteiger partial charge in [0.15, 0.2) is 0 Å². The normalized spacial score (nSPS) is 12.2. The first-order valence-corrected chi connectivity index (χ1v) is 4.59. The highest BCUT2D eigenvalue weighted by atomic mass is 127. The molecule has 0 bridgehead atoms. The maximum atomic E-state index is 12.4. The van der Waals surface area contributed by atoms with Gasteiger partial charge in [0.25, 0.3) is 12.0 Å². The van der Waals surface area contributed by atoms with Crippen molar-refractivity contribution in [1.29, 1.82) is 0 Å². The Morgan fingerprint density at radius 3 is 2.27 bits per heavy atom. The van der Waals surface area contributed by atoms with E-state index in [4.69, 9.17) is 0 Å². The molecule has 1 rings (SSSR count). The number of hydrogen-bond acceptors (Lipinski definition) is 1. The Bertz CT molecular complexity index is 424. The van der Waals surface area contributed by atoms with Crippen molar-refractivity contribution in [3.8, 4) is 0 Å². The molecule has 0 fully saturated rings. The average molecular weight is 339 g/mol. The largest absolute Gasteiger partial charge is 0.418 e. The fraction of sp³-hybridized carbons (Fsp3) is 0.286. The van der Waals surface area contributed by atoms with Crippen LogP contribution in [0.15, 0.2) is 11.0 Å². The number of rotatable bonds is 1. The molecular weight excluding hydrogens is 336 g/mol. The molecule has 0 aliphatic heterocycles. The van der Waals surface area contributed by atoms with Crippen LogP contribution in [0.25, 0.3) is 0 Å². The van der Waals surface area contributed by atoms with E-state index in [1.165, 1.54) is 0 Å². The van der Waals surface area contributed by atoms with Crippen LogP contribution in [0.1, 0.15) is 17.6 Å². The second-order valence-electron chi connectivity index (χ2n) is 2.56. The van der Waals surface area contributed by atoms with Crippen molar-refractivity contribution in [3.05, 3.63) is 31.2 Å². The van der Waals surface area contributed by atoms with E-state index in [0.717, 1.165) is 22.6 Å². The van der Waals surface area contributed by atoms with Gasteiger partial charge in [0.1, 0.15) is 0 Å². The van der Waals surface area contributed by atoms with E-state index in [1.807, 2.05) is 4.98 Å². The van der Waals surface area contributed by atoms with Gasteiger partial charge < -0.3 is 4.98 Å². The summed E-state index contributed by atoms with van der Waals surface area (Å²) in [5, 5.41) is 0. The van der Waals surface area contributed by atoms with Gasteiger partial charge in [-0.3, -0.25) is 4.79 Å². The van der Waals surface area contributed by atoms with E-state index < -0.39 is 32.9 Å². The lowest BCUT2D eigenvalue weighted by Crippen LogP contribution is -2.21. The van der Waals surface area contributed by atoms with Crippen LogP contribution >= 0.6 is 22.6 Å². The van der Waals surface area contributed by atoms with Crippen molar-refractivity contribution >= 4 is 22.6 Å². The van der Waals surface area contributed by atoms with Crippen LogP contribution in [-0.2, 0) is 6.18 Å². The minimum Gasteiger partial charge on any atom is -0.328 e. The summed E-state index contributed by atoms with van der Waals surface area (Å²) in [6.07, 6.45) is -7.86. The van der Waals surface area contributed by atoms with Gasteiger partial charge in [0.2, 0.25) is 0 Å². The lowest BCUT2D eigenvalue weighted by atomic mass is 10.1. The Hall–Kier alpha value is -0.670. The Kier molecular flexibility index (Phi) is 3.36. The van der Waals surface area contributed by atoms with E-state index in [9.17, 15) is 26.7 Å². The summed E-state index contributed by atoms with van der Waals surface area (Å²) >= 11 is 1.09. The maximum Gasteiger partial charge on any atom is 0.418 e. The van der Waals surface area contributed by atoms with Gasteiger partial charge in [-0.2, -0.15) is 13.2 Å². The molecular formula is C7H3F5INO. The zero-order chi connectivity index (χ0) is 11.8. The summed E-state index contributed by atoms with van der Waals surface area (Å²) < 4.78 is 60.8. The first-order chi connectivity index (χ1) is 6.75. The summed E-state index contributed by atoms with van der Waals surface area (Å²) in [6.45, 7) is 0. The molecule has 2 nitrogen and oxygen atoms in total. The second kappa shape index (κ2) is 4.06. The van der Waals surface area contributed by atoms with Crippen molar-refractivity contribution in [2.45, 2.75) is 12.6 Å². The SMILES string of the molecule is O=c1[nH]cc(C(F)F)c(C(F)(F)F)c1I. The summed E-state index contributed by atoms with van der Waals surface area (Å²) in [7, 11) is 0. The first-order valence-electron chi connectivity index (χ1n) is 3.51. The number of aromatic amines is 1. The molecule has 0 spiro atoms. The van der Waals surface area contributed by atoms with E-state index in [1.54, 1.807) is 0 Å². The van der Waals surface area contributed by atoms with E-state index in [0.29, 0.717) is 6.20 Å². The summed E-state index contributed by atoms with van der Waals surface area (Å²) in [6, 6.07) is 0. The van der Waals surface area contributed by atoms with Crippen molar-refractivity contribution in [2.24, 2.45) is 0 Å². The minimum absolute atomic E-state index is 0.387. The summed E-state index contributed by atoms with van der Waals surface area (Å²) in [5.74, 6) is 0. The van der Waals surface area contributed by atoms with Crippen LogP contribution in [0.3, 0.4) is 0 Å². The highest BCUT2D eigenvalue weighted by Gasteiger charge is 2.39. The quantitative estimate of drug-likeness (QED) is 0.619. The third kappa shape index (κ3) is 2.47. The standard InChI is InChI=1S/C7H3F5INO/c8-5(9)2-1-14-6(15)4(13)3(2)7(10,11)12/h1,5H,(H,14,15). The van der Waals surface area contributed by atoms with Crippen LogP contribution < -0.4 is 5.56 Å².